The monoisotopic (exact) mass is 269 g/mol. The predicted molar refractivity (Wildman–Crippen MR) is 56.1 cm³/mol. The Morgan fingerprint density at radius 1 is 1.21 bits per heavy atom. The lowest BCUT2D eigenvalue weighted by atomic mass is 9.98. The average Bonchev–Trinajstić information content (AvgIpc) is 2.17. The Morgan fingerprint density at radius 3 is 1.93 bits per heavy atom. The first-order chi connectivity index (χ1) is 6.08. The standard InChI is InChI=1S/C8H15NO4.BrH/c1-4-5(7(10)12-2)6(9)8(11)13-3;/h5-6H,4,9H2,1-3H3;1H/t5-,6-;/m0./s1. The van der Waals surface area contributed by atoms with Gasteiger partial charge in [0.05, 0.1) is 20.1 Å². The lowest BCUT2D eigenvalue weighted by molar-refractivity contribution is -0.153. The second-order valence-electron chi connectivity index (χ2n) is 2.59. The molecule has 0 bridgehead atoms. The van der Waals surface area contributed by atoms with Gasteiger partial charge in [-0.2, -0.15) is 0 Å². The van der Waals surface area contributed by atoms with Crippen LogP contribution in [0.4, 0.5) is 0 Å². The maximum atomic E-state index is 11.1. The van der Waals surface area contributed by atoms with Crippen LogP contribution in [0.25, 0.3) is 0 Å². The molecule has 0 fully saturated rings. The Balaban J connectivity index is 0. The van der Waals surface area contributed by atoms with Crippen LogP contribution in [0.1, 0.15) is 13.3 Å². The number of rotatable bonds is 4. The smallest absolute Gasteiger partial charge is 0.323 e. The lowest BCUT2D eigenvalue weighted by Gasteiger charge is -2.17. The van der Waals surface area contributed by atoms with Gasteiger partial charge in [-0.1, -0.05) is 6.92 Å². The molecule has 6 heteroatoms. The largest absolute Gasteiger partial charge is 0.469 e. The van der Waals surface area contributed by atoms with Crippen LogP contribution >= 0.6 is 17.0 Å². The highest BCUT2D eigenvalue weighted by Gasteiger charge is 2.30. The summed E-state index contributed by atoms with van der Waals surface area (Å²) >= 11 is 0. The van der Waals surface area contributed by atoms with Crippen LogP contribution in [-0.2, 0) is 19.1 Å². The Labute approximate surface area is 93.7 Å². The van der Waals surface area contributed by atoms with Crippen LogP contribution in [0.2, 0.25) is 0 Å². The predicted octanol–water partition coefficient (Wildman–Crippen LogP) is 0.264. The lowest BCUT2D eigenvalue weighted by Crippen LogP contribution is -2.42. The van der Waals surface area contributed by atoms with Crippen LogP contribution in [0, 0.1) is 5.92 Å². The van der Waals surface area contributed by atoms with Gasteiger partial charge in [0, 0.05) is 0 Å². The number of carbonyl (C=O) groups is 2. The highest BCUT2D eigenvalue weighted by Crippen LogP contribution is 2.10. The van der Waals surface area contributed by atoms with Gasteiger partial charge in [-0.05, 0) is 6.42 Å². The maximum absolute atomic E-state index is 11.1. The van der Waals surface area contributed by atoms with E-state index in [1.54, 1.807) is 6.92 Å². The molecule has 0 aliphatic carbocycles. The van der Waals surface area contributed by atoms with Crippen molar-refractivity contribution in [2.24, 2.45) is 11.7 Å². The topological polar surface area (TPSA) is 78.6 Å². The van der Waals surface area contributed by atoms with Crippen molar-refractivity contribution in [1.29, 1.82) is 0 Å². The van der Waals surface area contributed by atoms with Crippen LogP contribution in [0.3, 0.4) is 0 Å². The Morgan fingerprint density at radius 2 is 1.64 bits per heavy atom. The first-order valence-electron chi connectivity index (χ1n) is 3.99. The minimum atomic E-state index is -0.942. The molecule has 0 aliphatic heterocycles. The van der Waals surface area contributed by atoms with E-state index in [0.717, 1.165) is 0 Å². The molecule has 2 N–H and O–H groups in total. The van der Waals surface area contributed by atoms with Gasteiger partial charge < -0.3 is 15.2 Å². The Bertz CT molecular complexity index is 198. The van der Waals surface area contributed by atoms with E-state index in [2.05, 4.69) is 9.47 Å². The van der Waals surface area contributed by atoms with Crippen LogP contribution < -0.4 is 5.73 Å². The van der Waals surface area contributed by atoms with Gasteiger partial charge in [0.25, 0.3) is 0 Å². The first kappa shape index (κ1) is 15.8. The van der Waals surface area contributed by atoms with E-state index in [9.17, 15) is 9.59 Å². The molecule has 0 aromatic rings. The molecule has 0 saturated heterocycles. The molecule has 0 aliphatic rings. The summed E-state index contributed by atoms with van der Waals surface area (Å²) in [4.78, 5) is 22.1. The third-order valence-electron chi connectivity index (χ3n) is 1.85. The fraction of sp³-hybridized carbons (Fsp3) is 0.750. The maximum Gasteiger partial charge on any atom is 0.323 e. The van der Waals surface area contributed by atoms with Gasteiger partial charge in [0.2, 0.25) is 0 Å². The van der Waals surface area contributed by atoms with Crippen molar-refractivity contribution in [3.05, 3.63) is 0 Å². The number of ether oxygens (including phenoxy) is 2. The average molecular weight is 270 g/mol. The Hall–Kier alpha value is -0.620. The van der Waals surface area contributed by atoms with E-state index in [4.69, 9.17) is 5.73 Å². The summed E-state index contributed by atoms with van der Waals surface area (Å²) in [7, 11) is 2.49. The molecular weight excluding hydrogens is 254 g/mol. The number of hydrogen-bond donors (Lipinski definition) is 1. The quantitative estimate of drug-likeness (QED) is 0.741. The van der Waals surface area contributed by atoms with Gasteiger partial charge in [-0.3, -0.25) is 9.59 Å². The second kappa shape index (κ2) is 7.75. The van der Waals surface area contributed by atoms with Gasteiger partial charge in [0.1, 0.15) is 6.04 Å². The molecule has 0 unspecified atom stereocenters. The van der Waals surface area contributed by atoms with E-state index in [1.165, 1.54) is 14.2 Å². The zero-order valence-electron chi connectivity index (χ0n) is 8.48. The van der Waals surface area contributed by atoms with Gasteiger partial charge >= 0.3 is 11.9 Å². The van der Waals surface area contributed by atoms with Gasteiger partial charge in [-0.15, -0.1) is 17.0 Å². The van der Waals surface area contributed by atoms with Gasteiger partial charge in [-0.25, -0.2) is 0 Å². The minimum absolute atomic E-state index is 0. The fourth-order valence-electron chi connectivity index (χ4n) is 1.02. The fourth-order valence-corrected chi connectivity index (χ4v) is 1.02. The highest BCUT2D eigenvalue weighted by atomic mass is 79.9. The molecule has 0 aromatic carbocycles. The molecule has 0 saturated carbocycles. The van der Waals surface area contributed by atoms with Crippen molar-refractivity contribution in [1.82, 2.24) is 0 Å². The van der Waals surface area contributed by atoms with E-state index in [-0.39, 0.29) is 17.0 Å². The van der Waals surface area contributed by atoms with Crippen LogP contribution in [0.15, 0.2) is 0 Å². The van der Waals surface area contributed by atoms with Crippen molar-refractivity contribution >= 4 is 28.9 Å². The number of halogens is 1. The molecule has 5 nitrogen and oxygen atoms in total. The van der Waals surface area contributed by atoms with Crippen molar-refractivity contribution in [3.8, 4) is 0 Å². The van der Waals surface area contributed by atoms with Crippen LogP contribution in [-0.4, -0.2) is 32.2 Å². The third kappa shape index (κ3) is 4.06. The summed E-state index contributed by atoms with van der Waals surface area (Å²) < 4.78 is 8.91. The molecule has 0 spiro atoms. The Kier molecular flexibility index (Phi) is 8.77. The molecule has 14 heavy (non-hydrogen) atoms. The molecule has 2 atom stereocenters. The van der Waals surface area contributed by atoms with Gasteiger partial charge in [0.15, 0.2) is 0 Å². The summed E-state index contributed by atoms with van der Waals surface area (Å²) in [5.74, 6) is -1.71. The van der Waals surface area contributed by atoms with E-state index in [1.807, 2.05) is 0 Å². The zero-order valence-corrected chi connectivity index (χ0v) is 10.2. The second-order valence-corrected chi connectivity index (χ2v) is 2.59. The van der Waals surface area contributed by atoms with Crippen molar-refractivity contribution < 1.29 is 19.1 Å². The molecular formula is C8H16BrNO4. The number of carbonyl (C=O) groups excluding carboxylic acids is 2. The normalized spacial score (nSPS) is 13.4. The molecule has 0 aromatic heterocycles. The van der Waals surface area contributed by atoms with E-state index < -0.39 is 23.9 Å². The van der Waals surface area contributed by atoms with E-state index in [0.29, 0.717) is 6.42 Å². The summed E-state index contributed by atoms with van der Waals surface area (Å²) in [5, 5.41) is 0. The SMILES string of the molecule is Br.CC[C@H](C(=O)OC)[C@H](N)C(=O)OC. The number of nitrogens with two attached hydrogens (primary N) is 1. The summed E-state index contributed by atoms with van der Waals surface area (Å²) in [5.41, 5.74) is 5.48. The number of hydrogen-bond acceptors (Lipinski definition) is 5. The zero-order chi connectivity index (χ0) is 10.4. The van der Waals surface area contributed by atoms with Crippen LogP contribution in [0.5, 0.6) is 0 Å². The molecule has 0 rings (SSSR count). The first-order valence-corrected chi connectivity index (χ1v) is 3.99. The van der Waals surface area contributed by atoms with Crippen molar-refractivity contribution in [3.63, 3.8) is 0 Å². The summed E-state index contributed by atoms with van der Waals surface area (Å²) in [6, 6.07) is -0.942. The molecule has 0 heterocycles. The molecule has 0 amide bonds. The highest BCUT2D eigenvalue weighted by molar-refractivity contribution is 8.93. The summed E-state index contributed by atoms with van der Waals surface area (Å²) in [6.07, 6.45) is 0.447. The summed E-state index contributed by atoms with van der Waals surface area (Å²) in [6.45, 7) is 1.75. The van der Waals surface area contributed by atoms with E-state index >= 15 is 0 Å². The number of esters is 2. The van der Waals surface area contributed by atoms with Crippen molar-refractivity contribution in [2.75, 3.05) is 14.2 Å². The van der Waals surface area contributed by atoms with Crippen molar-refractivity contribution in [2.45, 2.75) is 19.4 Å². The minimum Gasteiger partial charge on any atom is -0.469 e. The molecule has 0 radical (unpaired) electrons. The number of methoxy groups -OCH3 is 2. The third-order valence-corrected chi connectivity index (χ3v) is 1.85. The molecule has 84 valence electrons.